The highest BCUT2D eigenvalue weighted by molar-refractivity contribution is 6.30. The van der Waals surface area contributed by atoms with E-state index >= 15 is 0 Å². The summed E-state index contributed by atoms with van der Waals surface area (Å²) in [6, 6.07) is 5.59. The number of methoxy groups -OCH3 is 1. The van der Waals surface area contributed by atoms with Crippen molar-refractivity contribution >= 4 is 11.6 Å². The Kier molecular flexibility index (Phi) is 4.98. The molecular formula is C17H25ClO2. The third-order valence-corrected chi connectivity index (χ3v) is 4.96. The van der Waals surface area contributed by atoms with E-state index in [-0.39, 0.29) is 11.5 Å². The van der Waals surface area contributed by atoms with Crippen molar-refractivity contribution in [2.45, 2.75) is 52.1 Å². The average molecular weight is 297 g/mol. The van der Waals surface area contributed by atoms with Crippen molar-refractivity contribution in [1.82, 2.24) is 0 Å². The van der Waals surface area contributed by atoms with E-state index in [0.717, 1.165) is 17.7 Å². The molecule has 2 atom stereocenters. The molecule has 0 aromatic heterocycles. The molecule has 1 aliphatic carbocycles. The van der Waals surface area contributed by atoms with Gasteiger partial charge >= 0.3 is 0 Å². The minimum Gasteiger partial charge on any atom is -0.496 e. The van der Waals surface area contributed by atoms with Crippen molar-refractivity contribution in [3.8, 4) is 5.75 Å². The molecule has 0 radical (unpaired) electrons. The molecule has 2 nitrogen and oxygen atoms in total. The normalized spacial score (nSPS) is 23.4. The second-order valence-corrected chi connectivity index (χ2v) is 7.00. The highest BCUT2D eigenvalue weighted by Crippen LogP contribution is 2.43. The van der Waals surface area contributed by atoms with Gasteiger partial charge in [-0.3, -0.25) is 0 Å². The lowest BCUT2D eigenvalue weighted by Crippen LogP contribution is -2.37. The minimum absolute atomic E-state index is 0.212. The summed E-state index contributed by atoms with van der Waals surface area (Å²) in [6.07, 6.45) is 5.07. The van der Waals surface area contributed by atoms with E-state index in [9.17, 15) is 5.11 Å². The first-order valence-electron chi connectivity index (χ1n) is 7.44. The molecule has 0 amide bonds. The Labute approximate surface area is 127 Å². The average Bonchev–Trinajstić information content (AvgIpc) is 2.38. The van der Waals surface area contributed by atoms with Crippen molar-refractivity contribution in [3.63, 3.8) is 0 Å². The van der Waals surface area contributed by atoms with E-state index < -0.39 is 0 Å². The monoisotopic (exact) mass is 296 g/mol. The molecule has 1 aromatic rings. The first kappa shape index (κ1) is 15.7. The lowest BCUT2D eigenvalue weighted by Gasteiger charge is -2.41. The molecule has 1 N–H and O–H groups in total. The molecule has 1 fully saturated rings. The fraction of sp³-hybridized carbons (Fsp3) is 0.647. The second-order valence-electron chi connectivity index (χ2n) is 6.57. The Morgan fingerprint density at radius 2 is 2.15 bits per heavy atom. The van der Waals surface area contributed by atoms with Crippen molar-refractivity contribution in [1.29, 1.82) is 0 Å². The second kappa shape index (κ2) is 6.36. The SMILES string of the molecule is COc1ccc(Cl)cc1CC(O)C1CCCCC1(C)C. The van der Waals surface area contributed by atoms with Crippen LogP contribution in [0, 0.1) is 11.3 Å². The van der Waals surface area contributed by atoms with E-state index in [0.29, 0.717) is 17.4 Å². The summed E-state index contributed by atoms with van der Waals surface area (Å²) in [5.41, 5.74) is 1.21. The molecule has 0 bridgehead atoms. The predicted octanol–water partition coefficient (Wildman–Crippen LogP) is 4.47. The minimum atomic E-state index is -0.335. The van der Waals surface area contributed by atoms with Gasteiger partial charge in [-0.05, 0) is 47.9 Å². The molecule has 1 saturated carbocycles. The summed E-state index contributed by atoms with van der Waals surface area (Å²) >= 11 is 6.06. The van der Waals surface area contributed by atoms with Crippen LogP contribution in [0.1, 0.15) is 45.1 Å². The largest absolute Gasteiger partial charge is 0.496 e. The van der Waals surface area contributed by atoms with Crippen LogP contribution in [-0.2, 0) is 6.42 Å². The third-order valence-electron chi connectivity index (χ3n) is 4.73. The number of hydrogen-bond donors (Lipinski definition) is 1. The summed E-state index contributed by atoms with van der Waals surface area (Å²) in [5, 5.41) is 11.4. The van der Waals surface area contributed by atoms with E-state index in [4.69, 9.17) is 16.3 Å². The maximum Gasteiger partial charge on any atom is 0.122 e. The number of hydrogen-bond acceptors (Lipinski definition) is 2. The van der Waals surface area contributed by atoms with E-state index in [1.54, 1.807) is 7.11 Å². The molecule has 112 valence electrons. The molecule has 2 rings (SSSR count). The third kappa shape index (κ3) is 3.48. The van der Waals surface area contributed by atoms with Crippen LogP contribution in [0.3, 0.4) is 0 Å². The van der Waals surface area contributed by atoms with Crippen LogP contribution in [0.2, 0.25) is 5.02 Å². The van der Waals surface area contributed by atoms with Crippen molar-refractivity contribution in [3.05, 3.63) is 28.8 Å². The summed E-state index contributed by atoms with van der Waals surface area (Å²) < 4.78 is 5.37. The molecule has 0 heterocycles. The Morgan fingerprint density at radius 3 is 2.80 bits per heavy atom. The topological polar surface area (TPSA) is 29.5 Å². The lowest BCUT2D eigenvalue weighted by atomic mass is 9.66. The zero-order chi connectivity index (χ0) is 14.8. The first-order valence-corrected chi connectivity index (χ1v) is 7.82. The first-order chi connectivity index (χ1) is 9.44. The van der Waals surface area contributed by atoms with Crippen LogP contribution in [0.25, 0.3) is 0 Å². The van der Waals surface area contributed by atoms with Gasteiger partial charge in [-0.25, -0.2) is 0 Å². The van der Waals surface area contributed by atoms with Crippen molar-refractivity contribution in [2.75, 3.05) is 7.11 Å². The number of benzene rings is 1. The number of aliphatic hydroxyl groups excluding tert-OH is 1. The molecule has 1 aromatic carbocycles. The summed E-state index contributed by atoms with van der Waals surface area (Å²) in [6.45, 7) is 4.55. The Balaban J connectivity index is 2.14. The Bertz CT molecular complexity index is 456. The summed E-state index contributed by atoms with van der Waals surface area (Å²) in [4.78, 5) is 0. The fourth-order valence-electron chi connectivity index (χ4n) is 3.51. The van der Waals surface area contributed by atoms with Gasteiger partial charge in [0.15, 0.2) is 0 Å². The zero-order valence-electron chi connectivity index (χ0n) is 12.7. The van der Waals surface area contributed by atoms with Gasteiger partial charge in [0.05, 0.1) is 13.2 Å². The van der Waals surface area contributed by atoms with Gasteiger partial charge in [0.25, 0.3) is 0 Å². The van der Waals surface area contributed by atoms with Crippen molar-refractivity contribution in [2.24, 2.45) is 11.3 Å². The molecule has 0 saturated heterocycles. The van der Waals surface area contributed by atoms with E-state index in [1.165, 1.54) is 19.3 Å². The molecule has 3 heteroatoms. The Hall–Kier alpha value is -0.730. The summed E-state index contributed by atoms with van der Waals surface area (Å²) in [5.74, 6) is 1.15. The highest BCUT2D eigenvalue weighted by atomic mass is 35.5. The molecule has 20 heavy (non-hydrogen) atoms. The predicted molar refractivity (Wildman–Crippen MR) is 83.5 cm³/mol. The smallest absolute Gasteiger partial charge is 0.122 e. The van der Waals surface area contributed by atoms with Crippen LogP contribution in [-0.4, -0.2) is 18.3 Å². The van der Waals surface area contributed by atoms with Gasteiger partial charge in [0.1, 0.15) is 5.75 Å². The number of halogens is 1. The van der Waals surface area contributed by atoms with Crippen LogP contribution in [0.15, 0.2) is 18.2 Å². The van der Waals surface area contributed by atoms with Crippen LogP contribution >= 0.6 is 11.6 Å². The van der Waals surface area contributed by atoms with Crippen LogP contribution in [0.5, 0.6) is 5.75 Å². The van der Waals surface area contributed by atoms with Crippen LogP contribution < -0.4 is 4.74 Å². The molecule has 2 unspecified atom stereocenters. The number of aliphatic hydroxyl groups is 1. The maximum atomic E-state index is 10.7. The van der Waals surface area contributed by atoms with Gasteiger partial charge in [-0.1, -0.05) is 38.3 Å². The number of ether oxygens (including phenoxy) is 1. The van der Waals surface area contributed by atoms with Gasteiger partial charge in [0.2, 0.25) is 0 Å². The maximum absolute atomic E-state index is 10.7. The fourth-order valence-corrected chi connectivity index (χ4v) is 3.70. The molecule has 0 spiro atoms. The van der Waals surface area contributed by atoms with Crippen LogP contribution in [0.4, 0.5) is 0 Å². The lowest BCUT2D eigenvalue weighted by molar-refractivity contribution is 0.00554. The van der Waals surface area contributed by atoms with Crippen molar-refractivity contribution < 1.29 is 9.84 Å². The molecular weight excluding hydrogens is 272 g/mol. The van der Waals surface area contributed by atoms with E-state index in [2.05, 4.69) is 13.8 Å². The molecule has 0 aliphatic heterocycles. The van der Waals surface area contributed by atoms with Gasteiger partial charge in [-0.2, -0.15) is 0 Å². The van der Waals surface area contributed by atoms with Gasteiger partial charge < -0.3 is 9.84 Å². The number of rotatable bonds is 4. The quantitative estimate of drug-likeness (QED) is 0.888. The molecule has 1 aliphatic rings. The van der Waals surface area contributed by atoms with E-state index in [1.807, 2.05) is 18.2 Å². The summed E-state index contributed by atoms with van der Waals surface area (Å²) in [7, 11) is 1.66. The zero-order valence-corrected chi connectivity index (χ0v) is 13.4. The van der Waals surface area contributed by atoms with Gasteiger partial charge in [-0.15, -0.1) is 0 Å². The Morgan fingerprint density at radius 1 is 1.40 bits per heavy atom. The van der Waals surface area contributed by atoms with Gasteiger partial charge in [0, 0.05) is 11.4 Å². The highest BCUT2D eigenvalue weighted by Gasteiger charge is 2.36. The standard InChI is InChI=1S/C17H25ClO2/c1-17(2)9-5-4-6-14(17)15(19)11-12-10-13(18)7-8-16(12)20-3/h7-8,10,14-15,19H,4-6,9,11H2,1-3H3.